The predicted octanol–water partition coefficient (Wildman–Crippen LogP) is 4.26. The third kappa shape index (κ3) is 5.04. The molecule has 0 unspecified atom stereocenters. The molecule has 5 rings (SSSR count). The Morgan fingerprint density at radius 1 is 0.971 bits per heavy atom. The Balaban J connectivity index is 1.18. The number of hydrogen-bond donors (Lipinski definition) is 1. The summed E-state index contributed by atoms with van der Waals surface area (Å²) in [5.41, 5.74) is 1.55. The van der Waals surface area contributed by atoms with Crippen molar-refractivity contribution < 1.29 is 18.8 Å². The number of nitrogens with zero attached hydrogens (tertiary/aromatic N) is 4. The fraction of sp³-hybridized carbons (Fsp3) is 0.269. The van der Waals surface area contributed by atoms with Crippen LogP contribution in [0.4, 0.5) is 10.5 Å². The second-order valence-electron chi connectivity index (χ2n) is 8.34. The highest BCUT2D eigenvalue weighted by Crippen LogP contribution is 2.29. The van der Waals surface area contributed by atoms with Crippen LogP contribution in [-0.2, 0) is 6.54 Å². The molecule has 9 nitrogen and oxygen atoms in total. The summed E-state index contributed by atoms with van der Waals surface area (Å²) >= 11 is 0. The van der Waals surface area contributed by atoms with E-state index < -0.39 is 0 Å². The fourth-order valence-corrected chi connectivity index (χ4v) is 4.20. The van der Waals surface area contributed by atoms with Gasteiger partial charge in [-0.2, -0.15) is 4.98 Å². The molecule has 0 aliphatic carbocycles. The van der Waals surface area contributed by atoms with E-state index in [1.54, 1.807) is 20.3 Å². The van der Waals surface area contributed by atoms with Gasteiger partial charge in [-0.3, -0.25) is 4.90 Å². The third-order valence-electron chi connectivity index (χ3n) is 6.12. The molecule has 0 atom stereocenters. The number of amides is 2. The van der Waals surface area contributed by atoms with E-state index in [0.717, 1.165) is 35.1 Å². The molecule has 35 heavy (non-hydrogen) atoms. The van der Waals surface area contributed by atoms with Gasteiger partial charge in [0.05, 0.1) is 26.5 Å². The zero-order valence-corrected chi connectivity index (χ0v) is 19.7. The van der Waals surface area contributed by atoms with Gasteiger partial charge < -0.3 is 24.2 Å². The number of anilines is 1. The topological polar surface area (TPSA) is 93.0 Å². The van der Waals surface area contributed by atoms with Gasteiger partial charge in [-0.25, -0.2) is 4.79 Å². The number of piperazine rings is 1. The van der Waals surface area contributed by atoms with Crippen molar-refractivity contribution in [3.8, 4) is 23.0 Å². The molecule has 4 aromatic rings. The first-order chi connectivity index (χ1) is 17.1. The zero-order chi connectivity index (χ0) is 24.2. The SMILES string of the molecule is COc1cc(OC)cc(-c2nc(CN3CCN(C(=O)Nc4cccc5ccccc45)CC3)no2)c1. The summed E-state index contributed by atoms with van der Waals surface area (Å²) in [6.07, 6.45) is 0. The number of rotatable bonds is 6. The first-order valence-electron chi connectivity index (χ1n) is 11.4. The van der Waals surface area contributed by atoms with Crippen molar-refractivity contribution in [1.82, 2.24) is 19.9 Å². The van der Waals surface area contributed by atoms with Gasteiger partial charge in [0.1, 0.15) is 11.5 Å². The lowest BCUT2D eigenvalue weighted by Crippen LogP contribution is -2.49. The van der Waals surface area contributed by atoms with Gasteiger partial charge in [-0.15, -0.1) is 0 Å². The zero-order valence-electron chi connectivity index (χ0n) is 19.7. The van der Waals surface area contributed by atoms with E-state index in [1.165, 1.54) is 0 Å². The van der Waals surface area contributed by atoms with Crippen LogP contribution >= 0.6 is 0 Å². The minimum absolute atomic E-state index is 0.0881. The van der Waals surface area contributed by atoms with Crippen molar-refractivity contribution in [3.63, 3.8) is 0 Å². The first kappa shape index (κ1) is 22.7. The van der Waals surface area contributed by atoms with E-state index in [1.807, 2.05) is 59.5 Å². The van der Waals surface area contributed by atoms with Gasteiger partial charge in [0, 0.05) is 43.2 Å². The fourth-order valence-electron chi connectivity index (χ4n) is 4.20. The van der Waals surface area contributed by atoms with E-state index in [0.29, 0.717) is 42.8 Å². The molecular weight excluding hydrogens is 446 g/mol. The summed E-state index contributed by atoms with van der Waals surface area (Å²) in [7, 11) is 3.19. The molecule has 1 aliphatic heterocycles. The highest BCUT2D eigenvalue weighted by molar-refractivity contribution is 6.01. The lowest BCUT2D eigenvalue weighted by molar-refractivity contribution is 0.140. The van der Waals surface area contributed by atoms with Crippen LogP contribution in [0, 0.1) is 0 Å². The van der Waals surface area contributed by atoms with Gasteiger partial charge >= 0.3 is 6.03 Å². The Bertz CT molecular complexity index is 1300. The van der Waals surface area contributed by atoms with Crippen molar-refractivity contribution in [2.75, 3.05) is 45.7 Å². The van der Waals surface area contributed by atoms with Crippen LogP contribution < -0.4 is 14.8 Å². The van der Waals surface area contributed by atoms with E-state index >= 15 is 0 Å². The van der Waals surface area contributed by atoms with Gasteiger partial charge in [-0.1, -0.05) is 41.6 Å². The molecular formula is C26H27N5O4. The van der Waals surface area contributed by atoms with Crippen molar-refractivity contribution in [3.05, 3.63) is 66.5 Å². The normalized spacial score (nSPS) is 14.2. The minimum Gasteiger partial charge on any atom is -0.497 e. The largest absolute Gasteiger partial charge is 0.497 e. The molecule has 2 heterocycles. The standard InChI is InChI=1S/C26H27N5O4/c1-33-20-14-19(15-21(16-20)34-2)25-28-24(29-35-25)17-30-10-12-31(13-11-30)26(32)27-23-9-5-7-18-6-3-4-8-22(18)23/h3-9,14-16H,10-13,17H2,1-2H3,(H,27,32). The predicted molar refractivity (Wildman–Crippen MR) is 133 cm³/mol. The van der Waals surface area contributed by atoms with Crippen molar-refractivity contribution in [2.24, 2.45) is 0 Å². The Morgan fingerprint density at radius 2 is 1.69 bits per heavy atom. The smallest absolute Gasteiger partial charge is 0.321 e. The van der Waals surface area contributed by atoms with E-state index in [-0.39, 0.29) is 6.03 Å². The van der Waals surface area contributed by atoms with Crippen LogP contribution in [0.3, 0.4) is 0 Å². The van der Waals surface area contributed by atoms with Crippen LogP contribution in [0.5, 0.6) is 11.5 Å². The van der Waals surface area contributed by atoms with Crippen molar-refractivity contribution >= 4 is 22.5 Å². The van der Waals surface area contributed by atoms with Crippen molar-refractivity contribution in [2.45, 2.75) is 6.54 Å². The molecule has 1 fully saturated rings. The summed E-state index contributed by atoms with van der Waals surface area (Å²) in [6.45, 7) is 3.23. The molecule has 0 saturated carbocycles. The first-order valence-corrected chi connectivity index (χ1v) is 11.4. The van der Waals surface area contributed by atoms with Gasteiger partial charge in [-0.05, 0) is 23.6 Å². The van der Waals surface area contributed by atoms with Crippen LogP contribution in [-0.4, -0.2) is 66.4 Å². The Labute approximate surface area is 203 Å². The number of urea groups is 1. The molecule has 180 valence electrons. The van der Waals surface area contributed by atoms with Crippen LogP contribution in [0.15, 0.2) is 65.2 Å². The maximum atomic E-state index is 12.9. The maximum Gasteiger partial charge on any atom is 0.321 e. The number of carbonyl (C=O) groups is 1. The second kappa shape index (κ2) is 10.0. The molecule has 3 aromatic carbocycles. The Hall–Kier alpha value is -4.11. The number of carbonyl (C=O) groups excluding carboxylic acids is 1. The molecule has 1 aromatic heterocycles. The van der Waals surface area contributed by atoms with E-state index in [4.69, 9.17) is 14.0 Å². The highest BCUT2D eigenvalue weighted by atomic mass is 16.5. The highest BCUT2D eigenvalue weighted by Gasteiger charge is 2.23. The molecule has 0 spiro atoms. The summed E-state index contributed by atoms with van der Waals surface area (Å²) in [6, 6.07) is 19.3. The molecule has 1 saturated heterocycles. The number of methoxy groups -OCH3 is 2. The van der Waals surface area contributed by atoms with E-state index in [9.17, 15) is 4.79 Å². The number of ether oxygens (including phenoxy) is 2. The monoisotopic (exact) mass is 473 g/mol. The van der Waals surface area contributed by atoms with Crippen LogP contribution in [0.2, 0.25) is 0 Å². The van der Waals surface area contributed by atoms with E-state index in [2.05, 4.69) is 20.4 Å². The second-order valence-corrected chi connectivity index (χ2v) is 8.34. The van der Waals surface area contributed by atoms with Gasteiger partial charge in [0.2, 0.25) is 0 Å². The lowest BCUT2D eigenvalue weighted by Gasteiger charge is -2.34. The third-order valence-corrected chi connectivity index (χ3v) is 6.12. The Morgan fingerprint density at radius 3 is 2.43 bits per heavy atom. The molecule has 1 N–H and O–H groups in total. The summed E-state index contributed by atoms with van der Waals surface area (Å²) in [5, 5.41) is 9.33. The molecule has 0 bridgehead atoms. The quantitative estimate of drug-likeness (QED) is 0.447. The van der Waals surface area contributed by atoms with Crippen LogP contribution in [0.25, 0.3) is 22.2 Å². The summed E-state index contributed by atoms with van der Waals surface area (Å²) < 4.78 is 16.1. The number of aromatic nitrogens is 2. The summed E-state index contributed by atoms with van der Waals surface area (Å²) in [5.74, 6) is 2.30. The Kier molecular flexibility index (Phi) is 6.49. The maximum absolute atomic E-state index is 12.9. The molecule has 2 amide bonds. The number of fused-ring (bicyclic) bond motifs is 1. The summed E-state index contributed by atoms with van der Waals surface area (Å²) in [4.78, 5) is 21.5. The average molecular weight is 474 g/mol. The van der Waals surface area contributed by atoms with Gasteiger partial charge in [0.25, 0.3) is 5.89 Å². The average Bonchev–Trinajstić information content (AvgIpc) is 3.37. The number of hydrogen-bond acceptors (Lipinski definition) is 7. The molecule has 1 aliphatic rings. The van der Waals surface area contributed by atoms with Gasteiger partial charge in [0.15, 0.2) is 5.82 Å². The number of nitrogens with one attached hydrogen (secondary N) is 1. The molecule has 9 heteroatoms. The van der Waals surface area contributed by atoms with Crippen molar-refractivity contribution in [1.29, 1.82) is 0 Å². The van der Waals surface area contributed by atoms with Crippen LogP contribution in [0.1, 0.15) is 5.82 Å². The lowest BCUT2D eigenvalue weighted by atomic mass is 10.1. The minimum atomic E-state index is -0.0881. The number of benzene rings is 3. The molecule has 0 radical (unpaired) electrons.